The molecule has 27 heavy (non-hydrogen) atoms. The van der Waals surface area contributed by atoms with Gasteiger partial charge in [0.25, 0.3) is 5.69 Å². The molecule has 0 amide bonds. The van der Waals surface area contributed by atoms with E-state index in [1.807, 2.05) is 11.9 Å². The number of sulfonamides is 1. The van der Waals surface area contributed by atoms with Crippen molar-refractivity contribution in [3.63, 3.8) is 0 Å². The summed E-state index contributed by atoms with van der Waals surface area (Å²) < 4.78 is 32.4. The van der Waals surface area contributed by atoms with E-state index in [4.69, 9.17) is 4.42 Å². The molecule has 1 fully saturated rings. The van der Waals surface area contributed by atoms with Crippen molar-refractivity contribution in [3.8, 4) is 0 Å². The van der Waals surface area contributed by atoms with E-state index in [0.29, 0.717) is 44.2 Å². The highest BCUT2D eigenvalue weighted by Gasteiger charge is 2.30. The van der Waals surface area contributed by atoms with Crippen LogP contribution in [0.4, 0.5) is 11.4 Å². The van der Waals surface area contributed by atoms with Gasteiger partial charge in [0.05, 0.1) is 22.6 Å². The summed E-state index contributed by atoms with van der Waals surface area (Å²) in [5, 5.41) is 11.6. The fourth-order valence-corrected chi connectivity index (χ4v) is 4.47. The molecular weight excluding hydrogens is 372 g/mol. The Morgan fingerprint density at radius 3 is 2.52 bits per heavy atom. The molecule has 0 unspecified atom stereocenters. The summed E-state index contributed by atoms with van der Waals surface area (Å²) in [6, 6.07) is 7.55. The molecule has 146 valence electrons. The van der Waals surface area contributed by atoms with Gasteiger partial charge in [-0.25, -0.2) is 8.42 Å². The maximum absolute atomic E-state index is 12.9. The fourth-order valence-electron chi connectivity index (χ4n) is 3.03. The molecule has 1 aromatic heterocycles. The zero-order valence-corrected chi connectivity index (χ0v) is 16.1. The van der Waals surface area contributed by atoms with Gasteiger partial charge in [-0.1, -0.05) is 0 Å². The van der Waals surface area contributed by atoms with Crippen LogP contribution in [-0.4, -0.2) is 62.8 Å². The lowest BCUT2D eigenvalue weighted by atomic mass is 10.2. The maximum Gasteiger partial charge on any atom is 0.293 e. The van der Waals surface area contributed by atoms with Crippen LogP contribution in [0.25, 0.3) is 0 Å². The molecule has 0 bridgehead atoms. The van der Waals surface area contributed by atoms with Crippen LogP contribution in [0.1, 0.15) is 5.76 Å². The van der Waals surface area contributed by atoms with Crippen molar-refractivity contribution in [2.24, 2.45) is 0 Å². The zero-order valence-electron chi connectivity index (χ0n) is 15.2. The van der Waals surface area contributed by atoms with Gasteiger partial charge in [0.1, 0.15) is 11.4 Å². The second-order valence-corrected chi connectivity index (χ2v) is 8.49. The second kappa shape index (κ2) is 7.67. The largest absolute Gasteiger partial charge is 0.467 e. The molecule has 2 aromatic rings. The monoisotopic (exact) mass is 394 g/mol. The number of piperazine rings is 1. The molecule has 1 saturated heterocycles. The van der Waals surface area contributed by atoms with Crippen molar-refractivity contribution in [2.75, 3.05) is 45.2 Å². The molecule has 10 heteroatoms. The van der Waals surface area contributed by atoms with Crippen molar-refractivity contribution in [2.45, 2.75) is 11.4 Å². The van der Waals surface area contributed by atoms with Gasteiger partial charge in [0.15, 0.2) is 0 Å². The third kappa shape index (κ3) is 4.12. The first kappa shape index (κ1) is 19.3. The number of anilines is 1. The number of likely N-dealkylation sites (N-methyl/N-ethyl adjacent to an activating group) is 1. The summed E-state index contributed by atoms with van der Waals surface area (Å²) in [4.78, 5) is 14.6. The molecule has 0 spiro atoms. The molecule has 1 aliphatic rings. The predicted molar refractivity (Wildman–Crippen MR) is 100 cm³/mol. The number of hydrogen-bond acceptors (Lipinski definition) is 7. The first-order valence-electron chi connectivity index (χ1n) is 8.49. The van der Waals surface area contributed by atoms with Gasteiger partial charge >= 0.3 is 0 Å². The first-order valence-corrected chi connectivity index (χ1v) is 9.93. The second-order valence-electron chi connectivity index (χ2n) is 6.55. The van der Waals surface area contributed by atoms with Crippen molar-refractivity contribution >= 4 is 21.4 Å². The average molecular weight is 394 g/mol. The van der Waals surface area contributed by atoms with Gasteiger partial charge < -0.3 is 14.2 Å². The smallest absolute Gasteiger partial charge is 0.293 e. The van der Waals surface area contributed by atoms with Gasteiger partial charge in [-0.05, 0) is 31.3 Å². The molecule has 2 heterocycles. The topological polar surface area (TPSA) is 100 Å². The normalized spacial score (nSPS) is 16.4. The number of rotatable bonds is 6. The standard InChI is InChI=1S/C17H22N4O5S/c1-18-7-9-20(10-8-18)27(24,25)15-5-6-16(17(12-15)21(22)23)19(2)13-14-4-3-11-26-14/h3-6,11-12H,7-10,13H2,1-2H3. The molecule has 0 atom stereocenters. The maximum atomic E-state index is 12.9. The molecular formula is C17H22N4O5S. The Hall–Kier alpha value is -2.43. The quantitative estimate of drug-likeness (QED) is 0.544. The number of furan rings is 1. The van der Waals surface area contributed by atoms with Crippen LogP contribution < -0.4 is 4.90 Å². The Labute approximate surface area is 158 Å². The van der Waals surface area contributed by atoms with E-state index in [2.05, 4.69) is 0 Å². The summed E-state index contributed by atoms with van der Waals surface area (Å²) in [6.07, 6.45) is 1.53. The summed E-state index contributed by atoms with van der Waals surface area (Å²) in [6.45, 7) is 2.33. The minimum Gasteiger partial charge on any atom is -0.467 e. The highest BCUT2D eigenvalue weighted by atomic mass is 32.2. The summed E-state index contributed by atoms with van der Waals surface area (Å²) >= 11 is 0. The van der Waals surface area contributed by atoms with E-state index >= 15 is 0 Å². The van der Waals surface area contributed by atoms with Crippen LogP contribution in [0, 0.1) is 10.1 Å². The van der Waals surface area contributed by atoms with Crippen LogP contribution in [0.3, 0.4) is 0 Å². The SMILES string of the molecule is CN1CCN(S(=O)(=O)c2ccc(N(C)Cc3ccco3)c([N+](=O)[O-])c2)CC1. The Balaban J connectivity index is 1.90. The summed E-state index contributed by atoms with van der Waals surface area (Å²) in [5.41, 5.74) is 0.0768. The molecule has 0 saturated carbocycles. The lowest BCUT2D eigenvalue weighted by molar-refractivity contribution is -0.384. The van der Waals surface area contributed by atoms with Crippen molar-refractivity contribution in [1.82, 2.24) is 9.21 Å². The number of hydrogen-bond donors (Lipinski definition) is 0. The Morgan fingerprint density at radius 1 is 1.22 bits per heavy atom. The van der Waals surface area contributed by atoms with E-state index in [1.165, 1.54) is 22.7 Å². The molecule has 0 radical (unpaired) electrons. The third-order valence-corrected chi connectivity index (χ3v) is 6.52. The van der Waals surface area contributed by atoms with Crippen LogP contribution in [0.5, 0.6) is 0 Å². The van der Waals surface area contributed by atoms with Crippen LogP contribution in [-0.2, 0) is 16.6 Å². The Morgan fingerprint density at radius 2 is 1.93 bits per heavy atom. The molecule has 1 aliphatic heterocycles. The Kier molecular flexibility index (Phi) is 5.49. The highest BCUT2D eigenvalue weighted by Crippen LogP contribution is 2.32. The molecule has 0 N–H and O–H groups in total. The van der Waals surface area contributed by atoms with Gasteiger partial charge in [-0.2, -0.15) is 4.31 Å². The lowest BCUT2D eigenvalue weighted by Crippen LogP contribution is -2.47. The molecule has 9 nitrogen and oxygen atoms in total. The van der Waals surface area contributed by atoms with E-state index < -0.39 is 14.9 Å². The van der Waals surface area contributed by atoms with E-state index in [-0.39, 0.29) is 10.6 Å². The van der Waals surface area contributed by atoms with Crippen LogP contribution in [0.15, 0.2) is 45.9 Å². The van der Waals surface area contributed by atoms with Crippen molar-refractivity contribution < 1.29 is 17.8 Å². The molecule has 3 rings (SSSR count). The van der Waals surface area contributed by atoms with Crippen molar-refractivity contribution in [1.29, 1.82) is 0 Å². The van der Waals surface area contributed by atoms with Gasteiger partial charge in [0, 0.05) is 39.3 Å². The number of nitro benzene ring substituents is 1. The molecule has 0 aliphatic carbocycles. The summed E-state index contributed by atoms with van der Waals surface area (Å²) in [7, 11) is -0.146. The van der Waals surface area contributed by atoms with E-state index in [0.717, 1.165) is 6.07 Å². The van der Waals surface area contributed by atoms with Crippen LogP contribution >= 0.6 is 0 Å². The minimum absolute atomic E-state index is 0.0612. The van der Waals surface area contributed by atoms with Gasteiger partial charge in [-0.15, -0.1) is 0 Å². The van der Waals surface area contributed by atoms with E-state index in [9.17, 15) is 18.5 Å². The van der Waals surface area contributed by atoms with E-state index in [1.54, 1.807) is 24.1 Å². The zero-order chi connectivity index (χ0) is 19.6. The highest BCUT2D eigenvalue weighted by molar-refractivity contribution is 7.89. The number of benzene rings is 1. The predicted octanol–water partition coefficient (Wildman–Crippen LogP) is 1.76. The number of nitrogens with zero attached hydrogens (tertiary/aromatic N) is 4. The van der Waals surface area contributed by atoms with Crippen molar-refractivity contribution in [3.05, 3.63) is 52.5 Å². The third-order valence-electron chi connectivity index (χ3n) is 4.63. The average Bonchev–Trinajstić information content (AvgIpc) is 3.14. The lowest BCUT2D eigenvalue weighted by Gasteiger charge is -2.31. The van der Waals surface area contributed by atoms with Gasteiger partial charge in [-0.3, -0.25) is 10.1 Å². The van der Waals surface area contributed by atoms with Gasteiger partial charge in [0.2, 0.25) is 10.0 Å². The van der Waals surface area contributed by atoms with Crippen LogP contribution in [0.2, 0.25) is 0 Å². The fraction of sp³-hybridized carbons (Fsp3) is 0.412. The number of nitro groups is 1. The minimum atomic E-state index is -3.77. The summed E-state index contributed by atoms with van der Waals surface area (Å²) in [5.74, 6) is 0.654. The first-order chi connectivity index (χ1) is 12.8. The molecule has 1 aromatic carbocycles. The Bertz CT molecular complexity index is 905.